The number of piperidine rings is 1. The summed E-state index contributed by atoms with van der Waals surface area (Å²) in [5, 5.41) is 0. The van der Waals surface area contributed by atoms with Gasteiger partial charge in [-0.05, 0) is 63.2 Å². The van der Waals surface area contributed by atoms with Crippen molar-refractivity contribution in [2.45, 2.75) is 26.2 Å². The summed E-state index contributed by atoms with van der Waals surface area (Å²) in [5.74, 6) is 0.341. The number of rotatable bonds is 6. The molecule has 0 N–H and O–H groups in total. The van der Waals surface area contributed by atoms with E-state index in [2.05, 4.69) is 11.9 Å². The fourth-order valence-corrected chi connectivity index (χ4v) is 4.83. The van der Waals surface area contributed by atoms with Crippen LogP contribution in [0.2, 0.25) is 0 Å². The zero-order valence-corrected chi connectivity index (χ0v) is 20.1. The van der Waals surface area contributed by atoms with Crippen molar-refractivity contribution >= 4 is 11.8 Å². The molecule has 2 saturated heterocycles. The molecule has 2 amide bonds. The van der Waals surface area contributed by atoms with E-state index in [1.54, 1.807) is 12.1 Å². The van der Waals surface area contributed by atoms with Crippen LogP contribution in [-0.4, -0.2) is 79.4 Å². The van der Waals surface area contributed by atoms with E-state index in [1.165, 1.54) is 12.1 Å². The molecule has 0 spiro atoms. The number of benzene rings is 2. The molecule has 2 heterocycles. The molecule has 1 atom stereocenters. The summed E-state index contributed by atoms with van der Waals surface area (Å²) in [7, 11) is 2.07. The van der Waals surface area contributed by atoms with E-state index in [0.29, 0.717) is 37.4 Å². The fourth-order valence-electron chi connectivity index (χ4n) is 4.83. The van der Waals surface area contributed by atoms with Crippen molar-refractivity contribution in [3.63, 3.8) is 0 Å². The average molecular weight is 468 g/mol. The van der Waals surface area contributed by atoms with Crippen molar-refractivity contribution in [1.82, 2.24) is 14.7 Å². The van der Waals surface area contributed by atoms with Gasteiger partial charge in [0.2, 0.25) is 5.91 Å². The highest BCUT2D eigenvalue weighted by Crippen LogP contribution is 2.36. The van der Waals surface area contributed by atoms with Crippen LogP contribution in [0, 0.1) is 18.2 Å². The van der Waals surface area contributed by atoms with Gasteiger partial charge in [0.05, 0.1) is 6.61 Å². The van der Waals surface area contributed by atoms with Crippen LogP contribution in [0.1, 0.15) is 35.2 Å². The molecule has 2 aliphatic rings. The molecule has 0 aromatic heterocycles. The maximum atomic E-state index is 13.3. The second-order valence-electron chi connectivity index (χ2n) is 9.80. The molecule has 2 aromatic rings. The number of carbonyl (C=O) groups excluding carboxylic acids is 2. The van der Waals surface area contributed by atoms with Crippen LogP contribution in [-0.2, 0) is 4.79 Å². The molecule has 6 nitrogen and oxygen atoms in total. The van der Waals surface area contributed by atoms with Crippen molar-refractivity contribution in [1.29, 1.82) is 0 Å². The maximum absolute atomic E-state index is 13.3. The summed E-state index contributed by atoms with van der Waals surface area (Å²) in [6, 6.07) is 13.5. The molecule has 2 aliphatic heterocycles. The van der Waals surface area contributed by atoms with Gasteiger partial charge in [-0.1, -0.05) is 17.7 Å². The zero-order valence-electron chi connectivity index (χ0n) is 20.1. The second-order valence-corrected chi connectivity index (χ2v) is 9.80. The summed E-state index contributed by atoms with van der Waals surface area (Å²) in [4.78, 5) is 32.6. The van der Waals surface area contributed by atoms with Gasteiger partial charge in [-0.25, -0.2) is 4.39 Å². The van der Waals surface area contributed by atoms with Gasteiger partial charge in [-0.15, -0.1) is 0 Å². The number of hydrogen-bond acceptors (Lipinski definition) is 4. The molecule has 182 valence electrons. The molecular weight excluding hydrogens is 433 g/mol. The van der Waals surface area contributed by atoms with Gasteiger partial charge in [0, 0.05) is 56.7 Å². The highest BCUT2D eigenvalue weighted by molar-refractivity contribution is 5.94. The third kappa shape index (κ3) is 5.95. The molecule has 0 saturated carbocycles. The predicted molar refractivity (Wildman–Crippen MR) is 129 cm³/mol. The number of amides is 2. The Morgan fingerprint density at radius 3 is 2.29 bits per heavy atom. The van der Waals surface area contributed by atoms with Crippen molar-refractivity contribution in [3.8, 4) is 5.75 Å². The van der Waals surface area contributed by atoms with E-state index in [1.807, 2.05) is 41.0 Å². The molecular formula is C27H34FN3O3. The van der Waals surface area contributed by atoms with Gasteiger partial charge in [-0.2, -0.15) is 0 Å². The number of aryl methyl sites for hydroxylation is 1. The summed E-state index contributed by atoms with van der Waals surface area (Å²) >= 11 is 0. The number of hydrogen-bond donors (Lipinski definition) is 0. The minimum absolute atomic E-state index is 0.0158. The Hall–Kier alpha value is -2.93. The van der Waals surface area contributed by atoms with E-state index >= 15 is 0 Å². The summed E-state index contributed by atoms with van der Waals surface area (Å²) in [6.45, 7) is 6.58. The van der Waals surface area contributed by atoms with Crippen molar-refractivity contribution in [2.75, 3.05) is 52.9 Å². The van der Waals surface area contributed by atoms with Crippen LogP contribution in [0.5, 0.6) is 5.75 Å². The van der Waals surface area contributed by atoms with Crippen LogP contribution >= 0.6 is 0 Å². The summed E-state index contributed by atoms with van der Waals surface area (Å²) in [6.07, 6.45) is 1.93. The summed E-state index contributed by atoms with van der Waals surface area (Å²) < 4.78 is 19.4. The van der Waals surface area contributed by atoms with Crippen LogP contribution in [0.25, 0.3) is 0 Å². The lowest BCUT2D eigenvalue weighted by atomic mass is 9.77. The first kappa shape index (κ1) is 24.2. The first-order valence-electron chi connectivity index (χ1n) is 12.0. The van der Waals surface area contributed by atoms with Gasteiger partial charge >= 0.3 is 0 Å². The number of ether oxygens (including phenoxy) is 1. The first-order valence-corrected chi connectivity index (χ1v) is 12.0. The molecule has 4 rings (SSSR count). The van der Waals surface area contributed by atoms with Crippen LogP contribution in [0.4, 0.5) is 4.39 Å². The Kier molecular flexibility index (Phi) is 7.51. The normalized spacial score (nSPS) is 21.4. The molecule has 0 unspecified atom stereocenters. The molecule has 2 fully saturated rings. The standard InChI is InChI=1S/C27H34FN3O3/c1-21-4-6-22(7-5-21)26(33)31-13-3-12-27(19-31,20-34-24-10-8-23(28)9-11-24)18-25(32)30-16-14-29(2)15-17-30/h4-11H,3,12-20H2,1-2H3/t27-/m1/s1. The average Bonchev–Trinajstić information content (AvgIpc) is 2.84. The molecule has 7 heteroatoms. The molecule has 0 aliphatic carbocycles. The smallest absolute Gasteiger partial charge is 0.253 e. The topological polar surface area (TPSA) is 53.1 Å². The SMILES string of the molecule is Cc1ccc(C(=O)N2CCC[C@@](COc3ccc(F)cc3)(CC(=O)N3CCN(C)CC3)C2)cc1. The quantitative estimate of drug-likeness (QED) is 0.652. The lowest BCUT2D eigenvalue weighted by molar-refractivity contribution is -0.137. The number of nitrogens with zero attached hydrogens (tertiary/aromatic N) is 3. The predicted octanol–water partition coefficient (Wildman–Crippen LogP) is 3.60. The highest BCUT2D eigenvalue weighted by Gasteiger charge is 2.41. The third-order valence-electron chi connectivity index (χ3n) is 6.99. The van der Waals surface area contributed by atoms with Crippen molar-refractivity contribution in [2.24, 2.45) is 5.41 Å². The number of likely N-dealkylation sites (N-methyl/N-ethyl adjacent to an activating group) is 1. The van der Waals surface area contributed by atoms with E-state index in [9.17, 15) is 14.0 Å². The second kappa shape index (κ2) is 10.6. The van der Waals surface area contributed by atoms with Gasteiger partial charge in [0.25, 0.3) is 5.91 Å². The maximum Gasteiger partial charge on any atom is 0.253 e. The van der Waals surface area contributed by atoms with E-state index in [0.717, 1.165) is 44.6 Å². The molecule has 2 aromatic carbocycles. The van der Waals surface area contributed by atoms with Crippen molar-refractivity contribution < 1.29 is 18.7 Å². The third-order valence-corrected chi connectivity index (χ3v) is 6.99. The molecule has 34 heavy (non-hydrogen) atoms. The first-order chi connectivity index (χ1) is 16.3. The monoisotopic (exact) mass is 467 g/mol. The minimum Gasteiger partial charge on any atom is -0.493 e. The number of halogens is 1. The number of piperazine rings is 1. The molecule has 0 radical (unpaired) electrons. The fraction of sp³-hybridized carbons (Fsp3) is 0.481. The zero-order chi connectivity index (χ0) is 24.1. The van der Waals surface area contributed by atoms with Crippen LogP contribution in [0.3, 0.4) is 0 Å². The van der Waals surface area contributed by atoms with Crippen molar-refractivity contribution in [3.05, 3.63) is 65.5 Å². The van der Waals surface area contributed by atoms with E-state index in [-0.39, 0.29) is 17.6 Å². The summed E-state index contributed by atoms with van der Waals surface area (Å²) in [5.41, 5.74) is 1.27. The Balaban J connectivity index is 1.51. The van der Waals surface area contributed by atoms with Gasteiger partial charge in [0.15, 0.2) is 0 Å². The lowest BCUT2D eigenvalue weighted by Gasteiger charge is -2.43. The van der Waals surface area contributed by atoms with Gasteiger partial charge in [-0.3, -0.25) is 9.59 Å². The Labute approximate surface area is 201 Å². The van der Waals surface area contributed by atoms with Crippen LogP contribution < -0.4 is 4.74 Å². The number of likely N-dealkylation sites (tertiary alicyclic amines) is 1. The number of carbonyl (C=O) groups is 2. The van der Waals surface area contributed by atoms with Gasteiger partial charge < -0.3 is 19.4 Å². The Bertz CT molecular complexity index is 987. The highest BCUT2D eigenvalue weighted by atomic mass is 19.1. The van der Waals surface area contributed by atoms with Gasteiger partial charge in [0.1, 0.15) is 11.6 Å². The van der Waals surface area contributed by atoms with E-state index < -0.39 is 5.41 Å². The largest absolute Gasteiger partial charge is 0.493 e. The Morgan fingerprint density at radius 2 is 1.62 bits per heavy atom. The van der Waals surface area contributed by atoms with E-state index in [4.69, 9.17) is 4.74 Å². The van der Waals surface area contributed by atoms with Crippen LogP contribution in [0.15, 0.2) is 48.5 Å². The lowest BCUT2D eigenvalue weighted by Crippen LogP contribution is -2.53. The molecule has 0 bridgehead atoms. The Morgan fingerprint density at radius 1 is 0.941 bits per heavy atom. The minimum atomic E-state index is -0.493.